The molecule has 0 amide bonds. The first kappa shape index (κ1) is 21.2. The van der Waals surface area contributed by atoms with E-state index in [0.29, 0.717) is 13.2 Å². The molecule has 0 aromatic heterocycles. The normalized spacial score (nSPS) is 18.7. The molecular weight excluding hydrogens is 378 g/mol. The van der Waals surface area contributed by atoms with Crippen LogP contribution in [0.15, 0.2) is 36.4 Å². The highest BCUT2D eigenvalue weighted by Crippen LogP contribution is 2.35. The number of aryl methyl sites for hydroxylation is 1. The summed E-state index contributed by atoms with van der Waals surface area (Å²) in [6.45, 7) is 10.8. The van der Waals surface area contributed by atoms with Crippen molar-refractivity contribution < 1.29 is 18.9 Å². The van der Waals surface area contributed by atoms with Gasteiger partial charge in [0.25, 0.3) is 0 Å². The first-order chi connectivity index (χ1) is 14.3. The van der Waals surface area contributed by atoms with Gasteiger partial charge in [-0.25, -0.2) is 0 Å². The minimum atomic E-state index is -0.570. The van der Waals surface area contributed by atoms with Crippen LogP contribution in [0.25, 0.3) is 0 Å². The van der Waals surface area contributed by atoms with Crippen molar-refractivity contribution in [1.82, 2.24) is 5.32 Å². The number of hydrogen-bond donors (Lipinski definition) is 1. The van der Waals surface area contributed by atoms with Crippen molar-refractivity contribution in [2.45, 2.75) is 78.3 Å². The van der Waals surface area contributed by atoms with E-state index in [4.69, 9.17) is 18.9 Å². The van der Waals surface area contributed by atoms with Crippen molar-refractivity contribution in [3.05, 3.63) is 58.7 Å². The second-order valence-corrected chi connectivity index (χ2v) is 9.03. The molecule has 0 spiro atoms. The van der Waals surface area contributed by atoms with Gasteiger partial charge in [-0.2, -0.15) is 0 Å². The van der Waals surface area contributed by atoms with Crippen molar-refractivity contribution >= 4 is 0 Å². The molecule has 4 rings (SSSR count). The van der Waals surface area contributed by atoms with Crippen molar-refractivity contribution in [1.29, 1.82) is 0 Å². The molecule has 0 atom stereocenters. The molecule has 0 bridgehead atoms. The Balaban J connectivity index is 1.26. The molecule has 0 saturated carbocycles. The predicted octanol–water partition coefficient (Wildman–Crippen LogP) is 5.09. The van der Waals surface area contributed by atoms with E-state index in [1.807, 2.05) is 27.7 Å². The molecule has 2 aromatic rings. The van der Waals surface area contributed by atoms with Crippen molar-refractivity contribution in [3.8, 4) is 11.5 Å². The highest BCUT2D eigenvalue weighted by Gasteiger charge is 2.29. The summed E-state index contributed by atoms with van der Waals surface area (Å²) >= 11 is 0. The third-order valence-corrected chi connectivity index (χ3v) is 5.57. The maximum absolute atomic E-state index is 6.09. The minimum absolute atomic E-state index is 0.554. The molecule has 2 aliphatic rings. The maximum Gasteiger partial charge on any atom is 0.205 e. The lowest BCUT2D eigenvalue weighted by molar-refractivity contribution is -0.180. The van der Waals surface area contributed by atoms with Gasteiger partial charge in [0, 0.05) is 50.9 Å². The van der Waals surface area contributed by atoms with Crippen LogP contribution in [0.4, 0.5) is 0 Å². The molecular formula is C25H33NO4. The predicted molar refractivity (Wildman–Crippen MR) is 117 cm³/mol. The number of ether oxygens (including phenoxy) is 4. The molecule has 2 aromatic carbocycles. The van der Waals surface area contributed by atoms with E-state index in [0.717, 1.165) is 55.0 Å². The highest BCUT2D eigenvalue weighted by molar-refractivity contribution is 5.43. The number of rotatable bonds is 7. The van der Waals surface area contributed by atoms with Gasteiger partial charge < -0.3 is 24.3 Å². The summed E-state index contributed by atoms with van der Waals surface area (Å²) in [5.41, 5.74) is 4.73. The van der Waals surface area contributed by atoms with Gasteiger partial charge in [0.15, 0.2) is 0 Å². The van der Waals surface area contributed by atoms with Crippen LogP contribution in [-0.4, -0.2) is 18.1 Å². The lowest BCUT2D eigenvalue weighted by atomic mass is 10.0. The summed E-state index contributed by atoms with van der Waals surface area (Å²) in [6.07, 6.45) is 3.22. The van der Waals surface area contributed by atoms with Crippen molar-refractivity contribution in [2.75, 3.05) is 6.54 Å². The van der Waals surface area contributed by atoms with Crippen LogP contribution in [-0.2, 0) is 35.7 Å². The van der Waals surface area contributed by atoms with E-state index in [-0.39, 0.29) is 0 Å². The van der Waals surface area contributed by atoms with Gasteiger partial charge >= 0.3 is 0 Å². The second-order valence-electron chi connectivity index (χ2n) is 9.03. The van der Waals surface area contributed by atoms with Crippen LogP contribution < -0.4 is 14.8 Å². The van der Waals surface area contributed by atoms with E-state index in [2.05, 4.69) is 41.7 Å². The van der Waals surface area contributed by atoms with Gasteiger partial charge in [0.05, 0.1) is 13.2 Å². The Labute approximate surface area is 179 Å². The second kappa shape index (κ2) is 8.58. The Morgan fingerprint density at radius 2 is 1.33 bits per heavy atom. The summed E-state index contributed by atoms with van der Waals surface area (Å²) in [4.78, 5) is 0. The van der Waals surface area contributed by atoms with Crippen LogP contribution in [0.3, 0.4) is 0 Å². The Morgan fingerprint density at radius 3 is 1.97 bits per heavy atom. The molecule has 0 saturated heterocycles. The summed E-state index contributed by atoms with van der Waals surface area (Å²) in [5.74, 6) is 0.861. The number of fused-ring (bicyclic) bond motifs is 2. The van der Waals surface area contributed by atoms with Crippen LogP contribution in [0.5, 0.6) is 11.5 Å². The van der Waals surface area contributed by atoms with E-state index in [9.17, 15) is 0 Å². The maximum atomic E-state index is 6.09. The average Bonchev–Trinajstić information content (AvgIpc) is 2.70. The van der Waals surface area contributed by atoms with Crippen LogP contribution in [0, 0.1) is 0 Å². The van der Waals surface area contributed by atoms with E-state index < -0.39 is 11.6 Å². The van der Waals surface area contributed by atoms with Crippen LogP contribution in [0.1, 0.15) is 62.8 Å². The summed E-state index contributed by atoms with van der Waals surface area (Å²) < 4.78 is 23.7. The van der Waals surface area contributed by atoms with Gasteiger partial charge in [-0.1, -0.05) is 36.4 Å². The first-order valence-corrected chi connectivity index (χ1v) is 10.9. The SMILES string of the molecule is CC1(C)OCc2cccc(CCCCNCc3cccc4c3OC(C)(C)OC4)c2O1. The molecule has 5 nitrogen and oxygen atoms in total. The summed E-state index contributed by atoms with van der Waals surface area (Å²) in [6, 6.07) is 12.6. The van der Waals surface area contributed by atoms with Gasteiger partial charge in [-0.05, 0) is 31.4 Å². The number of benzene rings is 2. The monoisotopic (exact) mass is 411 g/mol. The van der Waals surface area contributed by atoms with E-state index >= 15 is 0 Å². The average molecular weight is 412 g/mol. The number of hydrogen-bond acceptors (Lipinski definition) is 5. The minimum Gasteiger partial charge on any atom is -0.462 e. The molecule has 2 aliphatic heterocycles. The zero-order valence-corrected chi connectivity index (χ0v) is 18.5. The van der Waals surface area contributed by atoms with Crippen LogP contribution >= 0.6 is 0 Å². The molecule has 5 heteroatoms. The third-order valence-electron chi connectivity index (χ3n) is 5.57. The molecule has 0 radical (unpaired) electrons. The standard InChI is InChI=1S/C25H33NO4/c1-24(2)27-16-20-12-7-10-18(22(20)29-24)9-5-6-14-26-15-19-11-8-13-21-17-28-25(3,4)30-23(19)21/h7-8,10-13,26H,5-6,9,14-17H2,1-4H3. The number of nitrogens with one attached hydrogen (secondary N) is 1. The topological polar surface area (TPSA) is 49.0 Å². The van der Waals surface area contributed by atoms with Gasteiger partial charge in [0.1, 0.15) is 11.5 Å². The Morgan fingerprint density at radius 1 is 0.767 bits per heavy atom. The van der Waals surface area contributed by atoms with E-state index in [1.54, 1.807) is 0 Å². The van der Waals surface area contributed by atoms with Gasteiger partial charge in [-0.15, -0.1) is 0 Å². The fraction of sp³-hybridized carbons (Fsp3) is 0.520. The van der Waals surface area contributed by atoms with Crippen LogP contribution in [0.2, 0.25) is 0 Å². The molecule has 0 aliphatic carbocycles. The zero-order valence-electron chi connectivity index (χ0n) is 18.5. The smallest absolute Gasteiger partial charge is 0.205 e. The lowest BCUT2D eigenvalue weighted by Gasteiger charge is -2.34. The Kier molecular flexibility index (Phi) is 6.05. The third kappa shape index (κ3) is 4.97. The largest absolute Gasteiger partial charge is 0.462 e. The number of unbranched alkanes of at least 4 members (excludes halogenated alkanes) is 1. The summed E-state index contributed by atoms with van der Waals surface area (Å²) in [7, 11) is 0. The molecule has 2 heterocycles. The zero-order chi connectivity index (χ0) is 21.2. The first-order valence-electron chi connectivity index (χ1n) is 10.9. The van der Waals surface area contributed by atoms with Crippen molar-refractivity contribution in [2.24, 2.45) is 0 Å². The highest BCUT2D eigenvalue weighted by atomic mass is 16.7. The van der Waals surface area contributed by atoms with Crippen molar-refractivity contribution in [3.63, 3.8) is 0 Å². The van der Waals surface area contributed by atoms with Gasteiger partial charge in [-0.3, -0.25) is 0 Å². The van der Waals surface area contributed by atoms with E-state index in [1.165, 1.54) is 11.1 Å². The molecule has 0 fully saturated rings. The molecule has 30 heavy (non-hydrogen) atoms. The lowest BCUT2D eigenvalue weighted by Crippen LogP contribution is -2.36. The molecule has 162 valence electrons. The molecule has 1 N–H and O–H groups in total. The Hall–Kier alpha value is -2.08. The fourth-order valence-electron chi connectivity index (χ4n) is 3.94. The van der Waals surface area contributed by atoms with Gasteiger partial charge in [0.2, 0.25) is 11.6 Å². The summed E-state index contributed by atoms with van der Waals surface area (Å²) in [5, 5.41) is 3.57. The fourth-order valence-corrected chi connectivity index (χ4v) is 3.94. The Bertz CT molecular complexity index is 817. The molecule has 0 unspecified atom stereocenters. The quantitative estimate of drug-likeness (QED) is 0.643. The number of para-hydroxylation sites is 2.